The molecule has 0 unspecified atom stereocenters. The third kappa shape index (κ3) is 1.86. The van der Waals surface area contributed by atoms with Crippen LogP contribution in [0.5, 0.6) is 0 Å². The number of imidazole rings is 1. The maximum Gasteiger partial charge on any atom is 0.213 e. The topological polar surface area (TPSA) is 47.3 Å². The molecule has 0 amide bonds. The van der Waals surface area contributed by atoms with Crippen molar-refractivity contribution >= 4 is 22.6 Å². The first-order valence-corrected chi connectivity index (χ1v) is 6.81. The summed E-state index contributed by atoms with van der Waals surface area (Å²) in [5.41, 5.74) is 4.60. The second-order valence-electron chi connectivity index (χ2n) is 4.58. The quantitative estimate of drug-likeness (QED) is 0.672. The van der Waals surface area contributed by atoms with Crippen LogP contribution < -0.4 is 0 Å². The highest BCUT2D eigenvalue weighted by molar-refractivity contribution is 7.16. The fraction of sp³-hybridized carbons (Fsp3) is 0.214. The first-order valence-electron chi connectivity index (χ1n) is 5.99. The van der Waals surface area contributed by atoms with E-state index in [0.717, 1.165) is 21.8 Å². The van der Waals surface area contributed by atoms with E-state index in [0.29, 0.717) is 11.4 Å². The van der Waals surface area contributed by atoms with Crippen LogP contribution in [0.2, 0.25) is 0 Å². The second-order valence-corrected chi connectivity index (χ2v) is 5.74. The van der Waals surface area contributed by atoms with Crippen LogP contribution in [0.4, 0.5) is 0 Å². The standard InChI is InChI=1S/C14H13N3OS/c1-8-4-5-11(6-9(8)2)13-12(7-18)17-14(15-13)19-10(3)16-17/h4-7H,1-3H3. The first-order chi connectivity index (χ1) is 9.10. The van der Waals surface area contributed by atoms with Crippen molar-refractivity contribution in [1.82, 2.24) is 14.6 Å². The van der Waals surface area contributed by atoms with Gasteiger partial charge in [0.1, 0.15) is 16.4 Å². The molecule has 1 aromatic carbocycles. The number of aromatic nitrogens is 3. The van der Waals surface area contributed by atoms with Gasteiger partial charge in [-0.1, -0.05) is 23.5 Å². The minimum atomic E-state index is 0.516. The van der Waals surface area contributed by atoms with Crippen molar-refractivity contribution in [3.8, 4) is 11.3 Å². The third-order valence-electron chi connectivity index (χ3n) is 3.23. The van der Waals surface area contributed by atoms with Gasteiger partial charge in [-0.15, -0.1) is 0 Å². The number of carbonyl (C=O) groups excluding carboxylic acids is 1. The maximum atomic E-state index is 11.3. The van der Waals surface area contributed by atoms with Gasteiger partial charge in [-0.2, -0.15) is 9.61 Å². The summed E-state index contributed by atoms with van der Waals surface area (Å²) in [4.78, 5) is 16.6. The van der Waals surface area contributed by atoms with Crippen LogP contribution in [0.15, 0.2) is 18.2 Å². The van der Waals surface area contributed by atoms with E-state index in [1.807, 2.05) is 19.1 Å². The summed E-state index contributed by atoms with van der Waals surface area (Å²) < 4.78 is 1.62. The van der Waals surface area contributed by atoms with Crippen molar-refractivity contribution in [3.05, 3.63) is 40.0 Å². The Morgan fingerprint density at radius 2 is 2.00 bits per heavy atom. The largest absolute Gasteiger partial charge is 0.296 e. The number of rotatable bonds is 2. The van der Waals surface area contributed by atoms with E-state index in [2.05, 4.69) is 30.0 Å². The molecular formula is C14H13N3OS. The van der Waals surface area contributed by atoms with Crippen molar-refractivity contribution in [2.75, 3.05) is 0 Å². The van der Waals surface area contributed by atoms with Gasteiger partial charge in [-0.05, 0) is 38.0 Å². The molecule has 19 heavy (non-hydrogen) atoms. The van der Waals surface area contributed by atoms with E-state index < -0.39 is 0 Å². The molecule has 0 aliphatic heterocycles. The highest BCUT2D eigenvalue weighted by Gasteiger charge is 2.16. The Bertz CT molecular complexity index is 785. The molecule has 0 aliphatic rings. The number of benzene rings is 1. The fourth-order valence-electron chi connectivity index (χ4n) is 2.07. The van der Waals surface area contributed by atoms with Gasteiger partial charge < -0.3 is 0 Å². The van der Waals surface area contributed by atoms with Crippen molar-refractivity contribution in [1.29, 1.82) is 0 Å². The average molecular weight is 271 g/mol. The van der Waals surface area contributed by atoms with E-state index in [-0.39, 0.29) is 0 Å². The normalized spacial score (nSPS) is 11.1. The van der Waals surface area contributed by atoms with Gasteiger partial charge in [0, 0.05) is 5.56 Å². The van der Waals surface area contributed by atoms with Crippen LogP contribution >= 0.6 is 11.3 Å². The van der Waals surface area contributed by atoms with E-state index in [4.69, 9.17) is 0 Å². The van der Waals surface area contributed by atoms with Crippen molar-refractivity contribution in [2.24, 2.45) is 0 Å². The Labute approximate surface area is 114 Å². The van der Waals surface area contributed by atoms with Gasteiger partial charge in [0.2, 0.25) is 4.96 Å². The first kappa shape index (κ1) is 12.0. The number of carbonyl (C=O) groups is 1. The van der Waals surface area contributed by atoms with Gasteiger partial charge in [0.05, 0.1) is 0 Å². The molecule has 2 aromatic heterocycles. The number of fused-ring (bicyclic) bond motifs is 1. The Kier molecular flexibility index (Phi) is 2.71. The summed E-state index contributed by atoms with van der Waals surface area (Å²) in [7, 11) is 0. The number of nitrogens with zero attached hydrogens (tertiary/aromatic N) is 3. The smallest absolute Gasteiger partial charge is 0.213 e. The van der Waals surface area contributed by atoms with Crippen molar-refractivity contribution in [3.63, 3.8) is 0 Å². The molecule has 96 valence electrons. The van der Waals surface area contributed by atoms with Crippen LogP contribution in [0.3, 0.4) is 0 Å². The van der Waals surface area contributed by atoms with Crippen LogP contribution in [-0.4, -0.2) is 20.9 Å². The molecule has 4 nitrogen and oxygen atoms in total. The lowest BCUT2D eigenvalue weighted by atomic mass is 10.0. The highest BCUT2D eigenvalue weighted by atomic mass is 32.1. The molecule has 2 heterocycles. The Hall–Kier alpha value is -2.01. The molecule has 3 rings (SSSR count). The summed E-state index contributed by atoms with van der Waals surface area (Å²) in [5.74, 6) is 0. The van der Waals surface area contributed by atoms with Crippen LogP contribution in [0.1, 0.15) is 26.6 Å². The van der Waals surface area contributed by atoms with Gasteiger partial charge in [-0.25, -0.2) is 4.98 Å². The van der Waals surface area contributed by atoms with Crippen molar-refractivity contribution < 1.29 is 4.79 Å². The van der Waals surface area contributed by atoms with Crippen molar-refractivity contribution in [2.45, 2.75) is 20.8 Å². The molecule has 0 N–H and O–H groups in total. The zero-order chi connectivity index (χ0) is 13.6. The predicted molar refractivity (Wildman–Crippen MR) is 75.9 cm³/mol. The monoisotopic (exact) mass is 271 g/mol. The Morgan fingerprint density at radius 3 is 2.68 bits per heavy atom. The molecular weight excluding hydrogens is 258 g/mol. The average Bonchev–Trinajstić information content (AvgIpc) is 2.88. The molecule has 0 atom stereocenters. The van der Waals surface area contributed by atoms with Gasteiger partial charge >= 0.3 is 0 Å². The van der Waals surface area contributed by atoms with E-state index >= 15 is 0 Å². The van der Waals surface area contributed by atoms with Gasteiger partial charge in [0.15, 0.2) is 6.29 Å². The minimum absolute atomic E-state index is 0.516. The fourth-order valence-corrected chi connectivity index (χ4v) is 2.82. The van der Waals surface area contributed by atoms with Gasteiger partial charge in [-0.3, -0.25) is 4.79 Å². The summed E-state index contributed by atoms with van der Waals surface area (Å²) in [6.07, 6.45) is 0.823. The summed E-state index contributed by atoms with van der Waals surface area (Å²) in [6, 6.07) is 6.10. The lowest BCUT2D eigenvalue weighted by Gasteiger charge is -2.03. The number of aryl methyl sites for hydroxylation is 3. The summed E-state index contributed by atoms with van der Waals surface area (Å²) in [5, 5.41) is 5.21. The lowest BCUT2D eigenvalue weighted by molar-refractivity contribution is 0.111. The minimum Gasteiger partial charge on any atom is -0.296 e. The molecule has 0 radical (unpaired) electrons. The molecule has 0 spiro atoms. The molecule has 0 saturated heterocycles. The van der Waals surface area contributed by atoms with Crippen LogP contribution in [0.25, 0.3) is 16.2 Å². The van der Waals surface area contributed by atoms with Crippen LogP contribution in [0, 0.1) is 20.8 Å². The Morgan fingerprint density at radius 1 is 1.21 bits per heavy atom. The molecule has 0 fully saturated rings. The van der Waals surface area contributed by atoms with Crippen LogP contribution in [-0.2, 0) is 0 Å². The SMILES string of the molecule is Cc1nn2c(C=O)c(-c3ccc(C)c(C)c3)nc2s1. The third-order valence-corrected chi connectivity index (χ3v) is 4.06. The van der Waals surface area contributed by atoms with E-state index in [1.165, 1.54) is 22.5 Å². The van der Waals surface area contributed by atoms with E-state index in [9.17, 15) is 4.79 Å². The zero-order valence-corrected chi connectivity index (χ0v) is 11.8. The molecule has 5 heteroatoms. The Balaban J connectivity index is 2.26. The molecule has 0 aliphatic carbocycles. The van der Waals surface area contributed by atoms with Gasteiger partial charge in [0.25, 0.3) is 0 Å². The van der Waals surface area contributed by atoms with E-state index in [1.54, 1.807) is 4.52 Å². The predicted octanol–water partition coefficient (Wildman–Crippen LogP) is 3.20. The number of hydrogen-bond donors (Lipinski definition) is 0. The molecule has 0 bridgehead atoms. The maximum absolute atomic E-state index is 11.3. The second kappa shape index (κ2) is 4.28. The molecule has 0 saturated carbocycles. The lowest BCUT2D eigenvalue weighted by Crippen LogP contribution is -1.94. The highest BCUT2D eigenvalue weighted by Crippen LogP contribution is 2.27. The number of hydrogen-bond acceptors (Lipinski definition) is 4. The zero-order valence-electron chi connectivity index (χ0n) is 11.0. The molecule has 3 aromatic rings. The summed E-state index contributed by atoms with van der Waals surface area (Å²) in [6.45, 7) is 6.03. The summed E-state index contributed by atoms with van der Waals surface area (Å²) >= 11 is 1.49. The number of aldehydes is 1.